The third-order valence-corrected chi connectivity index (χ3v) is 6.01. The van der Waals surface area contributed by atoms with Gasteiger partial charge in [-0.1, -0.05) is 25.5 Å². The molecule has 0 radical (unpaired) electrons. The van der Waals surface area contributed by atoms with Crippen molar-refractivity contribution in [3.05, 3.63) is 29.3 Å². The molecule has 2 atom stereocenters. The van der Waals surface area contributed by atoms with Crippen LogP contribution in [0.25, 0.3) is 0 Å². The number of benzene rings is 1. The zero-order valence-corrected chi connectivity index (χ0v) is 16.9. The first kappa shape index (κ1) is 20.5. The summed E-state index contributed by atoms with van der Waals surface area (Å²) in [6, 6.07) is 5.33. The number of likely N-dealkylation sites (tertiary alicyclic amines) is 1. The van der Waals surface area contributed by atoms with Crippen molar-refractivity contribution in [2.75, 3.05) is 13.1 Å². The van der Waals surface area contributed by atoms with Gasteiger partial charge in [0.05, 0.1) is 0 Å². The van der Waals surface area contributed by atoms with Crippen LogP contribution >= 0.6 is 0 Å². The summed E-state index contributed by atoms with van der Waals surface area (Å²) in [4.78, 5) is 26.6. The minimum atomic E-state index is -0.225. The maximum absolute atomic E-state index is 12.5. The molecular formula is C22H32N2O4. The van der Waals surface area contributed by atoms with E-state index in [2.05, 4.69) is 12.2 Å². The molecule has 154 valence electrons. The van der Waals surface area contributed by atoms with Gasteiger partial charge >= 0.3 is 6.09 Å². The molecule has 0 spiro atoms. The lowest BCUT2D eigenvalue weighted by Crippen LogP contribution is -2.44. The minimum absolute atomic E-state index is 0.0276. The molecule has 1 heterocycles. The van der Waals surface area contributed by atoms with Gasteiger partial charge in [-0.25, -0.2) is 4.79 Å². The Morgan fingerprint density at radius 1 is 1.21 bits per heavy atom. The van der Waals surface area contributed by atoms with Crippen molar-refractivity contribution in [1.82, 2.24) is 10.2 Å². The molecule has 1 saturated carbocycles. The molecule has 1 saturated heterocycles. The number of nitrogens with zero attached hydrogens (tertiary/aromatic N) is 1. The monoisotopic (exact) mass is 388 g/mol. The Morgan fingerprint density at radius 3 is 2.64 bits per heavy atom. The van der Waals surface area contributed by atoms with Crippen LogP contribution in [0.1, 0.15) is 56.6 Å². The Morgan fingerprint density at radius 2 is 1.96 bits per heavy atom. The molecule has 0 bridgehead atoms. The average Bonchev–Trinajstić information content (AvgIpc) is 2.69. The zero-order chi connectivity index (χ0) is 20.1. The van der Waals surface area contributed by atoms with Gasteiger partial charge in [0.1, 0.15) is 11.9 Å². The summed E-state index contributed by atoms with van der Waals surface area (Å²) in [7, 11) is 0. The second-order valence-electron chi connectivity index (χ2n) is 8.38. The first-order chi connectivity index (χ1) is 13.4. The van der Waals surface area contributed by atoms with Gasteiger partial charge < -0.3 is 20.1 Å². The number of phenolic OH excluding ortho intramolecular Hbond substituents is 1. The highest BCUT2D eigenvalue weighted by molar-refractivity contribution is 5.79. The van der Waals surface area contributed by atoms with E-state index in [0.29, 0.717) is 38.4 Å². The van der Waals surface area contributed by atoms with Crippen molar-refractivity contribution in [1.29, 1.82) is 0 Å². The van der Waals surface area contributed by atoms with E-state index in [1.54, 1.807) is 11.0 Å². The number of hydrogen-bond acceptors (Lipinski definition) is 4. The van der Waals surface area contributed by atoms with Crippen molar-refractivity contribution < 1.29 is 19.4 Å². The average molecular weight is 389 g/mol. The normalized spacial score (nSPS) is 23.3. The number of carbonyl (C=O) groups excluding carboxylic acids is 2. The van der Waals surface area contributed by atoms with Crippen LogP contribution in [0.5, 0.6) is 5.75 Å². The summed E-state index contributed by atoms with van der Waals surface area (Å²) in [6.07, 6.45) is 5.42. The molecule has 1 aromatic carbocycles. The predicted molar refractivity (Wildman–Crippen MR) is 107 cm³/mol. The number of aryl methyl sites for hydroxylation is 1. The van der Waals surface area contributed by atoms with Gasteiger partial charge in [0, 0.05) is 25.6 Å². The number of carbonyl (C=O) groups is 2. The minimum Gasteiger partial charge on any atom is -0.508 e. The number of phenols is 1. The van der Waals surface area contributed by atoms with Crippen LogP contribution in [0.15, 0.2) is 18.2 Å². The van der Waals surface area contributed by atoms with Gasteiger partial charge in [0.15, 0.2) is 0 Å². The fourth-order valence-corrected chi connectivity index (χ4v) is 4.19. The van der Waals surface area contributed by atoms with Crippen LogP contribution in [0.4, 0.5) is 4.79 Å². The number of rotatable bonds is 4. The summed E-state index contributed by atoms with van der Waals surface area (Å²) in [5.74, 6) is 0.840. The molecular weight excluding hydrogens is 356 g/mol. The molecule has 2 fully saturated rings. The maximum atomic E-state index is 12.5. The summed E-state index contributed by atoms with van der Waals surface area (Å²) in [5, 5.41) is 12.6. The van der Waals surface area contributed by atoms with Gasteiger partial charge in [-0.15, -0.1) is 0 Å². The van der Waals surface area contributed by atoms with Crippen molar-refractivity contribution in [2.24, 2.45) is 11.8 Å². The lowest BCUT2D eigenvalue weighted by Gasteiger charge is -2.33. The van der Waals surface area contributed by atoms with Crippen molar-refractivity contribution >= 4 is 12.0 Å². The molecule has 0 unspecified atom stereocenters. The maximum Gasteiger partial charge on any atom is 0.410 e. The number of piperidine rings is 1. The number of nitrogens with one attached hydrogen (secondary N) is 1. The Bertz CT molecular complexity index is 698. The van der Waals surface area contributed by atoms with E-state index in [0.717, 1.165) is 30.4 Å². The highest BCUT2D eigenvalue weighted by Crippen LogP contribution is 2.27. The van der Waals surface area contributed by atoms with E-state index in [-0.39, 0.29) is 29.8 Å². The quantitative estimate of drug-likeness (QED) is 0.823. The molecule has 1 aromatic rings. The molecule has 2 amide bonds. The van der Waals surface area contributed by atoms with Crippen LogP contribution in [0.3, 0.4) is 0 Å². The molecule has 1 aliphatic heterocycles. The van der Waals surface area contributed by atoms with Crippen molar-refractivity contribution in [3.8, 4) is 5.75 Å². The summed E-state index contributed by atoms with van der Waals surface area (Å²) in [6.45, 7) is 5.63. The Balaban J connectivity index is 1.40. The highest BCUT2D eigenvalue weighted by Gasteiger charge is 2.30. The zero-order valence-electron chi connectivity index (χ0n) is 16.9. The number of ether oxygens (including phenoxy) is 1. The summed E-state index contributed by atoms with van der Waals surface area (Å²) < 4.78 is 5.69. The molecule has 2 N–H and O–H groups in total. The second-order valence-corrected chi connectivity index (χ2v) is 8.38. The number of aromatic hydroxyl groups is 1. The topological polar surface area (TPSA) is 78.9 Å². The third kappa shape index (κ3) is 5.40. The van der Waals surface area contributed by atoms with E-state index in [1.807, 2.05) is 19.1 Å². The first-order valence-electron chi connectivity index (χ1n) is 10.4. The predicted octanol–water partition coefficient (Wildman–Crippen LogP) is 3.74. The Labute approximate surface area is 167 Å². The summed E-state index contributed by atoms with van der Waals surface area (Å²) >= 11 is 0. The van der Waals surface area contributed by atoms with E-state index in [4.69, 9.17) is 4.74 Å². The van der Waals surface area contributed by atoms with Crippen molar-refractivity contribution in [2.45, 2.75) is 65.0 Å². The second kappa shape index (κ2) is 9.30. The summed E-state index contributed by atoms with van der Waals surface area (Å²) in [5.41, 5.74) is 1.76. The number of amides is 2. The van der Waals surface area contributed by atoms with E-state index in [1.165, 1.54) is 6.42 Å². The Kier molecular flexibility index (Phi) is 6.81. The van der Waals surface area contributed by atoms with Gasteiger partial charge in [-0.2, -0.15) is 0 Å². The molecule has 2 aliphatic rings. The van der Waals surface area contributed by atoms with Crippen molar-refractivity contribution in [3.63, 3.8) is 0 Å². The van der Waals surface area contributed by atoms with Gasteiger partial charge in [0.25, 0.3) is 0 Å². The highest BCUT2D eigenvalue weighted by atomic mass is 16.6. The van der Waals surface area contributed by atoms with E-state index >= 15 is 0 Å². The smallest absolute Gasteiger partial charge is 0.410 e. The molecule has 28 heavy (non-hydrogen) atoms. The molecule has 6 nitrogen and oxygen atoms in total. The third-order valence-electron chi connectivity index (χ3n) is 6.01. The van der Waals surface area contributed by atoms with Crippen LogP contribution in [0, 0.1) is 18.8 Å². The van der Waals surface area contributed by atoms with Gasteiger partial charge in [0.2, 0.25) is 5.91 Å². The molecule has 6 heteroatoms. The van der Waals surface area contributed by atoms with Crippen LogP contribution in [-0.2, 0) is 16.1 Å². The largest absolute Gasteiger partial charge is 0.508 e. The lowest BCUT2D eigenvalue weighted by molar-refractivity contribution is -0.126. The fraction of sp³-hybridized carbons (Fsp3) is 0.636. The molecule has 0 aromatic heterocycles. The van der Waals surface area contributed by atoms with Gasteiger partial charge in [-0.05, 0) is 62.1 Å². The molecule has 3 rings (SSSR count). The standard InChI is InChI=1S/C22H32N2O4/c1-15-4-3-5-19(12-15)28-22(27)24-10-8-18(9-11-24)21(26)23-14-17-6-7-20(25)16(2)13-17/h6-7,13,15,18-19,25H,3-5,8-12,14H2,1-2H3,(H,23,26)/t15-,19-/m0/s1. The van der Waals surface area contributed by atoms with Crippen LogP contribution in [0.2, 0.25) is 0 Å². The van der Waals surface area contributed by atoms with E-state index < -0.39 is 0 Å². The lowest BCUT2D eigenvalue weighted by atomic mass is 9.89. The Hall–Kier alpha value is -2.24. The number of hydrogen-bond donors (Lipinski definition) is 2. The van der Waals surface area contributed by atoms with Crippen LogP contribution in [-0.4, -0.2) is 41.2 Å². The van der Waals surface area contributed by atoms with E-state index in [9.17, 15) is 14.7 Å². The molecule has 1 aliphatic carbocycles. The van der Waals surface area contributed by atoms with Gasteiger partial charge in [-0.3, -0.25) is 4.79 Å². The fourth-order valence-electron chi connectivity index (χ4n) is 4.19. The van der Waals surface area contributed by atoms with Crippen LogP contribution < -0.4 is 5.32 Å². The SMILES string of the molecule is Cc1cc(CNC(=O)C2CCN(C(=O)O[C@H]3CCC[C@H](C)C3)CC2)ccc1O. The first-order valence-corrected chi connectivity index (χ1v) is 10.4.